The minimum Gasteiger partial charge on any atom is -0.481 e. The largest absolute Gasteiger partial charge is 0.481 e. The standard InChI is InChI=1S/C23H23ClN2O5S/c1-15(18-4-2-3-5-19(18)24)31-23(29)25-20-14-30-26-22(20)17-8-6-16(7-9-17)10-12-32-13-11-21(27)28/h2-9,14-15H,10-13H2,1H3,(H,25,29)(H,27,28). The minimum atomic E-state index is -0.777. The molecule has 0 aliphatic rings. The first-order valence-electron chi connectivity index (χ1n) is 9.99. The fourth-order valence-corrected chi connectivity index (χ4v) is 4.18. The first-order valence-corrected chi connectivity index (χ1v) is 11.5. The highest BCUT2D eigenvalue weighted by atomic mass is 35.5. The molecule has 0 aliphatic heterocycles. The summed E-state index contributed by atoms with van der Waals surface area (Å²) in [6, 6.07) is 14.9. The minimum absolute atomic E-state index is 0.172. The molecule has 1 heterocycles. The number of carboxylic acids is 1. The van der Waals surface area contributed by atoms with Gasteiger partial charge in [0.1, 0.15) is 23.7 Å². The van der Waals surface area contributed by atoms with Gasteiger partial charge in [0.05, 0.1) is 6.42 Å². The number of hydrogen-bond donors (Lipinski definition) is 2. The lowest BCUT2D eigenvalue weighted by Crippen LogP contribution is -2.16. The molecule has 1 atom stereocenters. The Kier molecular flexibility index (Phi) is 8.58. The Labute approximate surface area is 195 Å². The molecule has 168 valence electrons. The van der Waals surface area contributed by atoms with Crippen LogP contribution in [0.15, 0.2) is 59.3 Å². The van der Waals surface area contributed by atoms with Gasteiger partial charge in [-0.15, -0.1) is 0 Å². The van der Waals surface area contributed by atoms with E-state index < -0.39 is 18.2 Å². The lowest BCUT2D eigenvalue weighted by molar-refractivity contribution is -0.136. The monoisotopic (exact) mass is 474 g/mol. The van der Waals surface area contributed by atoms with Crippen LogP contribution in [0.1, 0.15) is 30.6 Å². The molecule has 3 rings (SSSR count). The van der Waals surface area contributed by atoms with Crippen molar-refractivity contribution in [3.05, 3.63) is 70.9 Å². The third-order valence-electron chi connectivity index (χ3n) is 4.66. The number of hydrogen-bond acceptors (Lipinski definition) is 6. The van der Waals surface area contributed by atoms with Gasteiger partial charge >= 0.3 is 12.1 Å². The predicted molar refractivity (Wildman–Crippen MR) is 125 cm³/mol. The zero-order valence-corrected chi connectivity index (χ0v) is 19.0. The number of rotatable bonds is 10. The molecule has 0 aliphatic carbocycles. The third kappa shape index (κ3) is 6.77. The van der Waals surface area contributed by atoms with Crippen LogP contribution in [0.4, 0.5) is 10.5 Å². The summed E-state index contributed by atoms with van der Waals surface area (Å²) in [5.74, 6) is 0.673. The van der Waals surface area contributed by atoms with E-state index in [1.165, 1.54) is 6.26 Å². The second kappa shape index (κ2) is 11.6. The molecule has 0 saturated carbocycles. The van der Waals surface area contributed by atoms with Gasteiger partial charge in [0.25, 0.3) is 0 Å². The van der Waals surface area contributed by atoms with Gasteiger partial charge in [-0.05, 0) is 30.7 Å². The van der Waals surface area contributed by atoms with E-state index in [1.807, 2.05) is 36.4 Å². The number of aromatic nitrogens is 1. The molecule has 32 heavy (non-hydrogen) atoms. The smallest absolute Gasteiger partial charge is 0.412 e. The van der Waals surface area contributed by atoms with Gasteiger partial charge < -0.3 is 14.4 Å². The zero-order chi connectivity index (χ0) is 22.9. The average molecular weight is 475 g/mol. The number of amides is 1. The van der Waals surface area contributed by atoms with Crippen molar-refractivity contribution in [3.8, 4) is 11.3 Å². The van der Waals surface area contributed by atoms with Crippen molar-refractivity contribution in [1.29, 1.82) is 0 Å². The van der Waals surface area contributed by atoms with Gasteiger partial charge in [-0.25, -0.2) is 4.79 Å². The molecule has 0 fully saturated rings. The van der Waals surface area contributed by atoms with E-state index in [0.717, 1.165) is 23.3 Å². The van der Waals surface area contributed by atoms with Crippen LogP contribution in [-0.2, 0) is 16.0 Å². The van der Waals surface area contributed by atoms with Crippen molar-refractivity contribution in [2.24, 2.45) is 0 Å². The fraction of sp³-hybridized carbons (Fsp3) is 0.261. The number of ether oxygens (including phenoxy) is 1. The number of nitrogens with one attached hydrogen (secondary N) is 1. The zero-order valence-electron chi connectivity index (χ0n) is 17.4. The first-order chi connectivity index (χ1) is 15.4. The van der Waals surface area contributed by atoms with Gasteiger partial charge in [-0.1, -0.05) is 59.2 Å². The van der Waals surface area contributed by atoms with Crippen molar-refractivity contribution in [2.45, 2.75) is 25.9 Å². The molecule has 3 aromatic rings. The maximum Gasteiger partial charge on any atom is 0.412 e. The first kappa shape index (κ1) is 23.7. The van der Waals surface area contributed by atoms with Gasteiger partial charge in [-0.2, -0.15) is 11.8 Å². The summed E-state index contributed by atoms with van der Waals surface area (Å²) in [5.41, 5.74) is 3.53. The summed E-state index contributed by atoms with van der Waals surface area (Å²) in [4.78, 5) is 22.9. The van der Waals surface area contributed by atoms with E-state index in [9.17, 15) is 9.59 Å². The number of aryl methyl sites for hydroxylation is 1. The lowest BCUT2D eigenvalue weighted by Gasteiger charge is -2.15. The quantitative estimate of drug-likeness (QED) is 0.344. The Morgan fingerprint density at radius 1 is 1.19 bits per heavy atom. The van der Waals surface area contributed by atoms with Crippen molar-refractivity contribution in [2.75, 3.05) is 16.8 Å². The third-order valence-corrected chi connectivity index (χ3v) is 5.99. The van der Waals surface area contributed by atoms with E-state index in [2.05, 4.69) is 10.5 Å². The average Bonchev–Trinajstić information content (AvgIpc) is 3.21. The number of benzene rings is 2. The van der Waals surface area contributed by atoms with Gasteiger partial charge in [0, 0.05) is 21.9 Å². The number of aliphatic carboxylic acids is 1. The maximum absolute atomic E-state index is 12.4. The van der Waals surface area contributed by atoms with Gasteiger partial charge in [0.2, 0.25) is 0 Å². The van der Waals surface area contributed by atoms with Crippen LogP contribution >= 0.6 is 23.4 Å². The Morgan fingerprint density at radius 3 is 2.66 bits per heavy atom. The highest BCUT2D eigenvalue weighted by Crippen LogP contribution is 2.29. The highest BCUT2D eigenvalue weighted by Gasteiger charge is 2.18. The molecule has 2 aromatic carbocycles. The van der Waals surface area contributed by atoms with Crippen molar-refractivity contribution >= 4 is 41.1 Å². The van der Waals surface area contributed by atoms with Crippen LogP contribution in [-0.4, -0.2) is 33.8 Å². The van der Waals surface area contributed by atoms with E-state index in [0.29, 0.717) is 27.7 Å². The molecule has 1 unspecified atom stereocenters. The predicted octanol–water partition coefficient (Wildman–Crippen LogP) is 6.06. The van der Waals surface area contributed by atoms with Crippen LogP contribution in [0.3, 0.4) is 0 Å². The Morgan fingerprint density at radius 2 is 1.94 bits per heavy atom. The summed E-state index contributed by atoms with van der Waals surface area (Å²) in [6.07, 6.45) is 1.19. The number of halogens is 1. The maximum atomic E-state index is 12.4. The summed E-state index contributed by atoms with van der Waals surface area (Å²) in [5, 5.41) is 15.9. The number of carbonyl (C=O) groups is 2. The Hall–Kier alpha value is -2.97. The van der Waals surface area contributed by atoms with Crippen LogP contribution in [0, 0.1) is 0 Å². The number of carbonyl (C=O) groups excluding carboxylic acids is 1. The van der Waals surface area contributed by atoms with Crippen LogP contribution in [0.2, 0.25) is 5.02 Å². The van der Waals surface area contributed by atoms with Crippen LogP contribution in [0.5, 0.6) is 0 Å². The second-order valence-corrected chi connectivity index (χ2v) is 8.61. The number of carboxylic acid groups (broad SMARTS) is 1. The highest BCUT2D eigenvalue weighted by molar-refractivity contribution is 7.99. The van der Waals surface area contributed by atoms with Crippen molar-refractivity contribution in [1.82, 2.24) is 5.16 Å². The van der Waals surface area contributed by atoms with E-state index >= 15 is 0 Å². The van der Waals surface area contributed by atoms with Crippen LogP contribution < -0.4 is 5.32 Å². The number of nitrogens with zero attached hydrogens (tertiary/aromatic N) is 1. The summed E-state index contributed by atoms with van der Waals surface area (Å²) >= 11 is 7.78. The van der Waals surface area contributed by atoms with Crippen LogP contribution in [0.25, 0.3) is 11.3 Å². The topological polar surface area (TPSA) is 102 Å². The molecule has 0 bridgehead atoms. The van der Waals surface area contributed by atoms with E-state index in [-0.39, 0.29) is 6.42 Å². The molecule has 1 aromatic heterocycles. The summed E-state index contributed by atoms with van der Waals surface area (Å²) in [6.45, 7) is 1.74. The second-order valence-electron chi connectivity index (χ2n) is 6.97. The molecule has 0 saturated heterocycles. The van der Waals surface area contributed by atoms with Gasteiger partial charge in [-0.3, -0.25) is 10.1 Å². The SMILES string of the molecule is CC(OC(=O)Nc1conc1-c1ccc(CCSCCC(=O)O)cc1)c1ccccc1Cl. The molecule has 1 amide bonds. The Bertz CT molecular complexity index is 1050. The molecule has 9 heteroatoms. The number of anilines is 1. The fourth-order valence-electron chi connectivity index (χ4n) is 2.98. The molecule has 2 N–H and O–H groups in total. The van der Waals surface area contributed by atoms with E-state index in [4.69, 9.17) is 26.0 Å². The molecule has 0 spiro atoms. The summed E-state index contributed by atoms with van der Waals surface area (Å²) in [7, 11) is 0. The molecule has 7 nitrogen and oxygen atoms in total. The van der Waals surface area contributed by atoms with Crippen molar-refractivity contribution in [3.63, 3.8) is 0 Å². The van der Waals surface area contributed by atoms with Gasteiger partial charge in [0.15, 0.2) is 0 Å². The normalized spacial score (nSPS) is 11.7. The molecular weight excluding hydrogens is 452 g/mol. The molecule has 0 radical (unpaired) electrons. The Balaban J connectivity index is 1.56. The lowest BCUT2D eigenvalue weighted by atomic mass is 10.1. The number of thioether (sulfide) groups is 1. The van der Waals surface area contributed by atoms with Crippen molar-refractivity contribution < 1.29 is 24.0 Å². The summed E-state index contributed by atoms with van der Waals surface area (Å²) < 4.78 is 10.5. The molecular formula is C23H23ClN2O5S. The van der Waals surface area contributed by atoms with E-state index in [1.54, 1.807) is 30.8 Å².